The van der Waals surface area contributed by atoms with Crippen LogP contribution in [-0.2, 0) is 6.54 Å². The fourth-order valence-electron chi connectivity index (χ4n) is 1.47. The molecule has 1 aromatic carbocycles. The van der Waals surface area contributed by atoms with Gasteiger partial charge in [-0.05, 0) is 43.5 Å². The van der Waals surface area contributed by atoms with Crippen molar-refractivity contribution in [2.24, 2.45) is 0 Å². The summed E-state index contributed by atoms with van der Waals surface area (Å²) in [6.07, 6.45) is 1.09. The van der Waals surface area contributed by atoms with Gasteiger partial charge in [0.2, 0.25) is 0 Å². The lowest BCUT2D eigenvalue weighted by molar-refractivity contribution is 0.328. The second-order valence-electron chi connectivity index (χ2n) is 3.63. The van der Waals surface area contributed by atoms with Gasteiger partial charge in [-0.1, -0.05) is 12.1 Å². The van der Waals surface area contributed by atoms with Gasteiger partial charge in [-0.15, -0.1) is 0 Å². The highest BCUT2D eigenvalue weighted by Gasteiger charge is 2.00. The van der Waals surface area contributed by atoms with E-state index in [1.165, 1.54) is 5.56 Å². The molecule has 0 aliphatic heterocycles. The first kappa shape index (κ1) is 12.1. The van der Waals surface area contributed by atoms with Crippen molar-refractivity contribution in [1.82, 2.24) is 4.90 Å². The quantitative estimate of drug-likeness (QED) is 0.771. The van der Waals surface area contributed by atoms with Crippen LogP contribution in [0.4, 0.5) is 0 Å². The van der Waals surface area contributed by atoms with Crippen molar-refractivity contribution in [2.45, 2.75) is 13.0 Å². The van der Waals surface area contributed by atoms with Gasteiger partial charge in [0.1, 0.15) is 0 Å². The highest BCUT2D eigenvalue weighted by Crippen LogP contribution is 2.07. The number of hydrogen-bond donors (Lipinski definition) is 1. The molecule has 80 valence electrons. The molecule has 2 nitrogen and oxygen atoms in total. The Morgan fingerprint density at radius 1 is 1.47 bits per heavy atom. The zero-order valence-electron chi connectivity index (χ0n) is 8.98. The SMILES string of the molecule is CN(CCCS)Cc1cccc(C#N)c1. The summed E-state index contributed by atoms with van der Waals surface area (Å²) in [5.41, 5.74) is 1.92. The number of hydrogen-bond acceptors (Lipinski definition) is 3. The van der Waals surface area contributed by atoms with E-state index in [1.807, 2.05) is 18.2 Å². The van der Waals surface area contributed by atoms with E-state index in [0.29, 0.717) is 0 Å². The monoisotopic (exact) mass is 220 g/mol. The fourth-order valence-corrected chi connectivity index (χ4v) is 1.61. The molecule has 0 radical (unpaired) electrons. The maximum Gasteiger partial charge on any atom is 0.0991 e. The Morgan fingerprint density at radius 2 is 2.27 bits per heavy atom. The predicted octanol–water partition coefficient (Wildman–Crippen LogP) is 2.31. The third kappa shape index (κ3) is 4.37. The van der Waals surface area contributed by atoms with Crippen LogP contribution in [0, 0.1) is 11.3 Å². The number of thiol groups is 1. The molecule has 0 bridgehead atoms. The summed E-state index contributed by atoms with van der Waals surface area (Å²) in [6, 6.07) is 9.91. The first-order valence-corrected chi connectivity index (χ1v) is 5.68. The minimum Gasteiger partial charge on any atom is -0.302 e. The third-order valence-electron chi connectivity index (χ3n) is 2.21. The minimum atomic E-state index is 0.732. The lowest BCUT2D eigenvalue weighted by Crippen LogP contribution is -2.19. The molecule has 3 heteroatoms. The maximum atomic E-state index is 8.76. The van der Waals surface area contributed by atoms with E-state index in [-0.39, 0.29) is 0 Å². The van der Waals surface area contributed by atoms with Crippen LogP contribution in [0.2, 0.25) is 0 Å². The molecular formula is C12H16N2S. The van der Waals surface area contributed by atoms with E-state index < -0.39 is 0 Å². The molecule has 0 fully saturated rings. The van der Waals surface area contributed by atoms with Gasteiger partial charge < -0.3 is 4.90 Å². The maximum absolute atomic E-state index is 8.76. The first-order valence-electron chi connectivity index (χ1n) is 5.04. The molecule has 0 aliphatic carbocycles. The topological polar surface area (TPSA) is 27.0 Å². The number of nitriles is 1. The molecule has 0 saturated heterocycles. The van der Waals surface area contributed by atoms with Crippen LogP contribution in [0.1, 0.15) is 17.5 Å². The first-order chi connectivity index (χ1) is 7.26. The number of nitrogens with zero attached hydrogens (tertiary/aromatic N) is 2. The summed E-state index contributed by atoms with van der Waals surface area (Å²) in [5.74, 6) is 0.919. The molecule has 1 rings (SSSR count). The van der Waals surface area contributed by atoms with Crippen LogP contribution < -0.4 is 0 Å². The average Bonchev–Trinajstić information content (AvgIpc) is 2.26. The van der Waals surface area contributed by atoms with E-state index in [9.17, 15) is 0 Å². The minimum absolute atomic E-state index is 0.732. The van der Waals surface area contributed by atoms with Crippen LogP contribution >= 0.6 is 12.6 Å². The van der Waals surface area contributed by atoms with Crippen LogP contribution in [0.25, 0.3) is 0 Å². The second-order valence-corrected chi connectivity index (χ2v) is 4.07. The van der Waals surface area contributed by atoms with Crippen LogP contribution in [0.15, 0.2) is 24.3 Å². The largest absolute Gasteiger partial charge is 0.302 e. The molecule has 1 aromatic rings. The summed E-state index contributed by atoms with van der Waals surface area (Å²) < 4.78 is 0. The molecule has 0 N–H and O–H groups in total. The van der Waals surface area contributed by atoms with E-state index in [4.69, 9.17) is 5.26 Å². The van der Waals surface area contributed by atoms with Crippen LogP contribution in [-0.4, -0.2) is 24.2 Å². The Morgan fingerprint density at radius 3 is 2.93 bits per heavy atom. The van der Waals surface area contributed by atoms with E-state index in [1.54, 1.807) is 0 Å². The summed E-state index contributed by atoms with van der Waals surface area (Å²) in [7, 11) is 2.09. The van der Waals surface area contributed by atoms with Crippen molar-refractivity contribution in [2.75, 3.05) is 19.3 Å². The van der Waals surface area contributed by atoms with Gasteiger partial charge >= 0.3 is 0 Å². The highest BCUT2D eigenvalue weighted by atomic mass is 32.1. The van der Waals surface area contributed by atoms with Gasteiger partial charge in [0.15, 0.2) is 0 Å². The van der Waals surface area contributed by atoms with Crippen molar-refractivity contribution >= 4 is 12.6 Å². The highest BCUT2D eigenvalue weighted by molar-refractivity contribution is 7.80. The Bertz CT molecular complexity index is 344. The summed E-state index contributed by atoms with van der Waals surface area (Å²) >= 11 is 4.18. The third-order valence-corrected chi connectivity index (χ3v) is 2.52. The summed E-state index contributed by atoms with van der Waals surface area (Å²) in [4.78, 5) is 2.24. The molecule has 0 aliphatic rings. The average molecular weight is 220 g/mol. The van der Waals surface area contributed by atoms with Crippen molar-refractivity contribution in [1.29, 1.82) is 5.26 Å². The second kappa shape index (κ2) is 6.49. The van der Waals surface area contributed by atoms with Gasteiger partial charge in [-0.25, -0.2) is 0 Å². The van der Waals surface area contributed by atoms with Gasteiger partial charge in [-0.3, -0.25) is 0 Å². The summed E-state index contributed by atoms with van der Waals surface area (Å²) in [5, 5.41) is 8.76. The standard InChI is InChI=1S/C12H16N2S/c1-14(6-3-7-15)10-12-5-2-4-11(8-12)9-13/h2,4-5,8,15H,3,6-7,10H2,1H3. The van der Waals surface area contributed by atoms with Gasteiger partial charge in [0, 0.05) is 6.54 Å². The molecule has 0 atom stereocenters. The van der Waals surface area contributed by atoms with Crippen molar-refractivity contribution in [3.8, 4) is 6.07 Å². The normalized spacial score (nSPS) is 10.3. The molecular weight excluding hydrogens is 204 g/mol. The van der Waals surface area contributed by atoms with Crippen LogP contribution in [0.3, 0.4) is 0 Å². The van der Waals surface area contributed by atoms with E-state index >= 15 is 0 Å². The molecule has 15 heavy (non-hydrogen) atoms. The molecule has 0 spiro atoms. The molecule has 0 aromatic heterocycles. The van der Waals surface area contributed by atoms with E-state index in [0.717, 1.165) is 30.8 Å². The lowest BCUT2D eigenvalue weighted by Gasteiger charge is -2.15. The zero-order valence-corrected chi connectivity index (χ0v) is 9.87. The predicted molar refractivity (Wildman–Crippen MR) is 66.0 cm³/mol. The van der Waals surface area contributed by atoms with Crippen molar-refractivity contribution in [3.63, 3.8) is 0 Å². The Balaban J connectivity index is 2.53. The van der Waals surface area contributed by atoms with Gasteiger partial charge in [0.05, 0.1) is 11.6 Å². The Labute approximate surface area is 96.9 Å². The molecule has 0 saturated carbocycles. The molecule has 0 amide bonds. The Kier molecular flexibility index (Phi) is 5.23. The van der Waals surface area contributed by atoms with Crippen molar-refractivity contribution in [3.05, 3.63) is 35.4 Å². The fraction of sp³-hybridized carbons (Fsp3) is 0.417. The van der Waals surface area contributed by atoms with Crippen LogP contribution in [0.5, 0.6) is 0 Å². The van der Waals surface area contributed by atoms with E-state index in [2.05, 4.69) is 36.7 Å². The molecule has 0 heterocycles. The van der Waals surface area contributed by atoms with Gasteiger partial charge in [-0.2, -0.15) is 17.9 Å². The number of rotatable bonds is 5. The van der Waals surface area contributed by atoms with Crippen molar-refractivity contribution < 1.29 is 0 Å². The lowest BCUT2D eigenvalue weighted by atomic mass is 10.1. The summed E-state index contributed by atoms with van der Waals surface area (Å²) in [6.45, 7) is 1.93. The number of benzene rings is 1. The van der Waals surface area contributed by atoms with Gasteiger partial charge in [0.25, 0.3) is 0 Å². The Hall–Kier alpha value is -0.980. The zero-order chi connectivity index (χ0) is 11.1. The molecule has 0 unspecified atom stereocenters. The smallest absolute Gasteiger partial charge is 0.0991 e.